The highest BCUT2D eigenvalue weighted by Gasteiger charge is 2.20. The fourth-order valence-corrected chi connectivity index (χ4v) is 1.99. The average molecular weight is 289 g/mol. The fourth-order valence-electron chi connectivity index (χ4n) is 1.38. The van der Waals surface area contributed by atoms with Gasteiger partial charge in [0, 0.05) is 0 Å². The van der Waals surface area contributed by atoms with Crippen molar-refractivity contribution in [2.75, 3.05) is 13.7 Å². The molecule has 0 saturated heterocycles. The van der Waals surface area contributed by atoms with E-state index in [1.807, 2.05) is 13.0 Å². The molecular weight excluding hydrogens is 272 g/mol. The average Bonchev–Trinajstić information content (AvgIpc) is 2.16. The molecule has 0 atom stereocenters. The number of hydrogen-bond acceptors (Lipinski definition) is 3. The minimum absolute atomic E-state index is 0.554. The lowest BCUT2D eigenvalue weighted by Crippen LogP contribution is -2.15. The van der Waals surface area contributed by atoms with Crippen molar-refractivity contribution in [1.82, 2.24) is 0 Å². The van der Waals surface area contributed by atoms with Crippen molar-refractivity contribution in [3.63, 3.8) is 0 Å². The first kappa shape index (κ1) is 13.3. The topological polar surface area (TPSA) is 38.7 Å². The van der Waals surface area contributed by atoms with Crippen LogP contribution in [0.3, 0.4) is 0 Å². The smallest absolute Gasteiger partial charge is 0.174 e. The Hall–Kier alpha value is -0.740. The van der Waals surface area contributed by atoms with Gasteiger partial charge in [0.1, 0.15) is 0 Å². The molecule has 0 saturated carbocycles. The van der Waals surface area contributed by atoms with Gasteiger partial charge in [-0.25, -0.2) is 0 Å². The molecule has 0 fully saturated rings. The summed E-state index contributed by atoms with van der Waals surface area (Å²) in [5.74, 6) is 1.28. The number of rotatable bonds is 4. The van der Waals surface area contributed by atoms with Crippen LogP contribution in [0.2, 0.25) is 0 Å². The van der Waals surface area contributed by atoms with Crippen molar-refractivity contribution >= 4 is 15.9 Å². The largest absolute Gasteiger partial charge is 0.492 e. The Morgan fingerprint density at radius 2 is 2.00 bits per heavy atom. The molecule has 1 rings (SSSR count). The summed E-state index contributed by atoms with van der Waals surface area (Å²) in [5.41, 5.74) is -0.121. The second kappa shape index (κ2) is 5.06. The zero-order chi connectivity index (χ0) is 12.3. The van der Waals surface area contributed by atoms with Gasteiger partial charge >= 0.3 is 0 Å². The summed E-state index contributed by atoms with van der Waals surface area (Å²) in [7, 11) is 1.59. The van der Waals surface area contributed by atoms with E-state index in [1.165, 1.54) is 0 Å². The zero-order valence-corrected chi connectivity index (χ0v) is 11.6. The lowest BCUT2D eigenvalue weighted by molar-refractivity contribution is 0.0781. The fraction of sp³-hybridized carbons (Fsp3) is 0.500. The third kappa shape index (κ3) is 2.89. The molecule has 0 aliphatic rings. The summed E-state index contributed by atoms with van der Waals surface area (Å²) in [4.78, 5) is 0. The Bertz CT molecular complexity index is 369. The van der Waals surface area contributed by atoms with Gasteiger partial charge in [0.2, 0.25) is 0 Å². The van der Waals surface area contributed by atoms with Crippen molar-refractivity contribution in [3.05, 3.63) is 22.2 Å². The number of benzene rings is 1. The van der Waals surface area contributed by atoms with Crippen molar-refractivity contribution in [2.24, 2.45) is 0 Å². The molecule has 0 aliphatic heterocycles. The molecule has 0 bridgehead atoms. The summed E-state index contributed by atoms with van der Waals surface area (Å²) in [6.07, 6.45) is 0. The van der Waals surface area contributed by atoms with E-state index in [2.05, 4.69) is 15.9 Å². The molecule has 90 valence electrons. The van der Waals surface area contributed by atoms with Gasteiger partial charge in [0.25, 0.3) is 0 Å². The minimum Gasteiger partial charge on any atom is -0.492 e. The van der Waals surface area contributed by atoms with E-state index in [9.17, 15) is 5.11 Å². The van der Waals surface area contributed by atoms with E-state index in [-0.39, 0.29) is 0 Å². The highest BCUT2D eigenvalue weighted by molar-refractivity contribution is 9.10. The molecule has 16 heavy (non-hydrogen) atoms. The zero-order valence-electron chi connectivity index (χ0n) is 10.0. The second-order valence-electron chi connectivity index (χ2n) is 3.98. The number of hydrogen-bond donors (Lipinski definition) is 1. The summed E-state index contributed by atoms with van der Waals surface area (Å²) in [5, 5.41) is 9.95. The molecule has 0 unspecified atom stereocenters. The predicted octanol–water partition coefficient (Wildman–Crippen LogP) is 3.08. The third-order valence-electron chi connectivity index (χ3n) is 2.22. The van der Waals surface area contributed by atoms with Crippen LogP contribution < -0.4 is 9.47 Å². The molecule has 1 N–H and O–H groups in total. The van der Waals surface area contributed by atoms with E-state index in [0.717, 1.165) is 10.0 Å². The Kier molecular flexibility index (Phi) is 4.21. The Labute approximate surface area is 105 Å². The van der Waals surface area contributed by atoms with E-state index >= 15 is 0 Å². The van der Waals surface area contributed by atoms with E-state index in [4.69, 9.17) is 9.47 Å². The van der Waals surface area contributed by atoms with Gasteiger partial charge in [-0.1, -0.05) is 0 Å². The number of methoxy groups -OCH3 is 1. The van der Waals surface area contributed by atoms with Gasteiger partial charge in [-0.3, -0.25) is 0 Å². The van der Waals surface area contributed by atoms with Crippen LogP contribution in [-0.4, -0.2) is 18.8 Å². The van der Waals surface area contributed by atoms with Gasteiger partial charge in [-0.05, 0) is 54.4 Å². The van der Waals surface area contributed by atoms with E-state index in [1.54, 1.807) is 27.0 Å². The second-order valence-corrected chi connectivity index (χ2v) is 4.84. The maximum Gasteiger partial charge on any atom is 0.174 e. The van der Waals surface area contributed by atoms with Crippen LogP contribution in [0.1, 0.15) is 26.3 Å². The van der Waals surface area contributed by atoms with Crippen LogP contribution in [-0.2, 0) is 5.60 Å². The lowest BCUT2D eigenvalue weighted by Gasteiger charge is -2.21. The van der Waals surface area contributed by atoms with Crippen molar-refractivity contribution in [1.29, 1.82) is 0 Å². The standard InChI is InChI=1S/C12H17BrO3/c1-5-16-10-7-8(12(2,3)14)6-9(13)11(10)15-4/h6-7,14H,5H2,1-4H3. The van der Waals surface area contributed by atoms with Crippen LogP contribution in [0.15, 0.2) is 16.6 Å². The minimum atomic E-state index is -0.902. The summed E-state index contributed by atoms with van der Waals surface area (Å²) in [6.45, 7) is 5.93. The molecular formula is C12H17BrO3. The van der Waals surface area contributed by atoms with Crippen LogP contribution in [0.5, 0.6) is 11.5 Å². The van der Waals surface area contributed by atoms with Crippen LogP contribution in [0.4, 0.5) is 0 Å². The molecule has 0 radical (unpaired) electrons. The summed E-state index contributed by atoms with van der Waals surface area (Å²) in [6, 6.07) is 3.63. The number of halogens is 1. The van der Waals surface area contributed by atoms with E-state index in [0.29, 0.717) is 18.1 Å². The first-order valence-electron chi connectivity index (χ1n) is 5.13. The maximum atomic E-state index is 9.95. The molecule has 4 heteroatoms. The van der Waals surface area contributed by atoms with Gasteiger partial charge in [0.15, 0.2) is 11.5 Å². The van der Waals surface area contributed by atoms with Crippen LogP contribution in [0.25, 0.3) is 0 Å². The predicted molar refractivity (Wildman–Crippen MR) is 67.1 cm³/mol. The van der Waals surface area contributed by atoms with Gasteiger partial charge in [-0.2, -0.15) is 0 Å². The number of aliphatic hydroxyl groups is 1. The summed E-state index contributed by atoms with van der Waals surface area (Å²) < 4.78 is 11.5. The molecule has 0 aromatic heterocycles. The van der Waals surface area contributed by atoms with Crippen LogP contribution in [0, 0.1) is 0 Å². The highest BCUT2D eigenvalue weighted by atomic mass is 79.9. The molecule has 1 aromatic carbocycles. The van der Waals surface area contributed by atoms with Crippen molar-refractivity contribution in [2.45, 2.75) is 26.4 Å². The third-order valence-corrected chi connectivity index (χ3v) is 2.81. The lowest BCUT2D eigenvalue weighted by atomic mass is 9.98. The molecule has 0 spiro atoms. The highest BCUT2D eigenvalue weighted by Crippen LogP contribution is 2.39. The van der Waals surface area contributed by atoms with Crippen LogP contribution >= 0.6 is 15.9 Å². The van der Waals surface area contributed by atoms with Crippen molar-refractivity contribution in [3.8, 4) is 11.5 Å². The Morgan fingerprint density at radius 1 is 1.38 bits per heavy atom. The first-order valence-corrected chi connectivity index (χ1v) is 5.92. The van der Waals surface area contributed by atoms with E-state index < -0.39 is 5.60 Å². The van der Waals surface area contributed by atoms with Gasteiger partial charge in [0.05, 0.1) is 23.8 Å². The first-order chi connectivity index (χ1) is 7.40. The van der Waals surface area contributed by atoms with Gasteiger partial charge < -0.3 is 14.6 Å². The van der Waals surface area contributed by atoms with Crippen molar-refractivity contribution < 1.29 is 14.6 Å². The summed E-state index contributed by atoms with van der Waals surface area (Å²) >= 11 is 3.40. The molecule has 0 heterocycles. The Morgan fingerprint density at radius 3 is 2.44 bits per heavy atom. The normalized spacial score (nSPS) is 11.4. The Balaban J connectivity index is 3.28. The maximum absolute atomic E-state index is 9.95. The number of ether oxygens (including phenoxy) is 2. The molecule has 0 aliphatic carbocycles. The molecule has 3 nitrogen and oxygen atoms in total. The van der Waals surface area contributed by atoms with Gasteiger partial charge in [-0.15, -0.1) is 0 Å². The molecule has 0 amide bonds. The monoisotopic (exact) mass is 288 g/mol. The molecule has 1 aromatic rings. The quantitative estimate of drug-likeness (QED) is 0.925. The SMILES string of the molecule is CCOc1cc(C(C)(C)O)cc(Br)c1OC.